The molecule has 0 fully saturated rings. The average Bonchev–Trinajstić information content (AvgIpc) is 2.69. The van der Waals surface area contributed by atoms with E-state index in [1.54, 1.807) is 11.9 Å². The third-order valence-corrected chi connectivity index (χ3v) is 2.82. The Morgan fingerprint density at radius 3 is 2.72 bits per heavy atom. The molecule has 1 aromatic carbocycles. The molecule has 0 aliphatic carbocycles. The molecular formula is C14H19NO3. The first-order valence-electron chi connectivity index (χ1n) is 6.06. The lowest BCUT2D eigenvalue weighted by atomic mass is 10.1. The van der Waals surface area contributed by atoms with Gasteiger partial charge in [0.2, 0.25) is 0 Å². The van der Waals surface area contributed by atoms with Crippen LogP contribution >= 0.6 is 0 Å². The summed E-state index contributed by atoms with van der Waals surface area (Å²) in [7, 11) is 1.74. The van der Waals surface area contributed by atoms with Gasteiger partial charge in [0.25, 0.3) is 0 Å². The zero-order valence-electron chi connectivity index (χ0n) is 11.3. The van der Waals surface area contributed by atoms with E-state index >= 15 is 0 Å². The minimum Gasteiger partial charge on any atom is -0.491 e. The first-order chi connectivity index (χ1) is 8.38. The van der Waals surface area contributed by atoms with Crippen LogP contribution in [0.15, 0.2) is 24.3 Å². The lowest BCUT2D eigenvalue weighted by molar-refractivity contribution is 0.0201. The summed E-state index contributed by atoms with van der Waals surface area (Å²) in [6, 6.07) is 7.70. The lowest BCUT2D eigenvalue weighted by Crippen LogP contribution is -2.37. The fourth-order valence-corrected chi connectivity index (χ4v) is 1.93. The molecule has 0 saturated heterocycles. The predicted molar refractivity (Wildman–Crippen MR) is 68.7 cm³/mol. The Morgan fingerprint density at radius 2 is 2.06 bits per heavy atom. The quantitative estimate of drug-likeness (QED) is 0.768. The third kappa shape index (κ3) is 2.58. The van der Waals surface area contributed by atoms with E-state index in [1.807, 2.05) is 45.0 Å². The van der Waals surface area contributed by atoms with Gasteiger partial charge in [-0.05, 0) is 26.8 Å². The molecule has 18 heavy (non-hydrogen) atoms. The highest BCUT2D eigenvalue weighted by Gasteiger charge is 2.32. The molecule has 0 aromatic heterocycles. The van der Waals surface area contributed by atoms with E-state index in [4.69, 9.17) is 9.47 Å². The molecule has 98 valence electrons. The maximum absolute atomic E-state index is 12.0. The Hall–Kier alpha value is -1.71. The minimum atomic E-state index is -0.482. The predicted octanol–water partition coefficient (Wildman–Crippen LogP) is 2.99. The Morgan fingerprint density at radius 1 is 1.39 bits per heavy atom. The van der Waals surface area contributed by atoms with Gasteiger partial charge >= 0.3 is 6.09 Å². The number of hydrogen-bond donors (Lipinski definition) is 0. The summed E-state index contributed by atoms with van der Waals surface area (Å²) >= 11 is 0. The second kappa shape index (κ2) is 4.52. The maximum atomic E-state index is 12.0. The summed E-state index contributed by atoms with van der Waals surface area (Å²) < 4.78 is 10.9. The van der Waals surface area contributed by atoms with Gasteiger partial charge in [-0.25, -0.2) is 4.79 Å². The number of nitrogens with zero attached hydrogens (tertiary/aromatic N) is 1. The molecular weight excluding hydrogens is 230 g/mol. The van der Waals surface area contributed by atoms with Gasteiger partial charge in [0.15, 0.2) is 0 Å². The number of benzene rings is 1. The van der Waals surface area contributed by atoms with Gasteiger partial charge < -0.3 is 14.4 Å². The number of rotatable bonds is 1. The molecule has 0 radical (unpaired) electrons. The monoisotopic (exact) mass is 249 g/mol. The maximum Gasteiger partial charge on any atom is 0.410 e. The summed E-state index contributed by atoms with van der Waals surface area (Å²) in [5.41, 5.74) is 0.551. The van der Waals surface area contributed by atoms with Gasteiger partial charge in [-0.15, -0.1) is 0 Å². The first kappa shape index (κ1) is 12.7. The molecule has 1 amide bonds. The van der Waals surface area contributed by atoms with Crippen molar-refractivity contribution < 1.29 is 14.3 Å². The fourth-order valence-electron chi connectivity index (χ4n) is 1.93. The highest BCUT2D eigenvalue weighted by atomic mass is 16.6. The second-order valence-corrected chi connectivity index (χ2v) is 5.46. The van der Waals surface area contributed by atoms with Crippen LogP contribution in [-0.2, 0) is 4.74 Å². The number of ether oxygens (including phenoxy) is 2. The Labute approximate surface area is 107 Å². The zero-order chi connectivity index (χ0) is 13.3. The van der Waals surface area contributed by atoms with Crippen molar-refractivity contribution in [1.29, 1.82) is 0 Å². The normalized spacial score (nSPS) is 17.9. The van der Waals surface area contributed by atoms with Gasteiger partial charge in [-0.2, -0.15) is 0 Å². The van der Waals surface area contributed by atoms with Crippen molar-refractivity contribution in [3.63, 3.8) is 0 Å². The van der Waals surface area contributed by atoms with Crippen LogP contribution in [0.3, 0.4) is 0 Å². The minimum absolute atomic E-state index is 0.0731. The van der Waals surface area contributed by atoms with Crippen LogP contribution in [-0.4, -0.2) is 30.2 Å². The summed E-state index contributed by atoms with van der Waals surface area (Å²) in [5.74, 6) is 0.845. The van der Waals surface area contributed by atoms with Crippen LogP contribution < -0.4 is 4.74 Å². The van der Waals surface area contributed by atoms with Gasteiger partial charge in [-0.3, -0.25) is 0 Å². The number of para-hydroxylation sites is 1. The molecule has 1 aliphatic heterocycles. The first-order valence-corrected chi connectivity index (χ1v) is 6.06. The molecule has 1 heterocycles. The van der Waals surface area contributed by atoms with E-state index in [0.717, 1.165) is 11.3 Å². The van der Waals surface area contributed by atoms with Crippen LogP contribution in [0.25, 0.3) is 0 Å². The number of amides is 1. The average molecular weight is 249 g/mol. The van der Waals surface area contributed by atoms with E-state index in [1.165, 1.54) is 0 Å². The van der Waals surface area contributed by atoms with Crippen molar-refractivity contribution in [3.05, 3.63) is 29.8 Å². The highest BCUT2D eigenvalue weighted by molar-refractivity contribution is 5.69. The van der Waals surface area contributed by atoms with Crippen molar-refractivity contribution in [2.75, 3.05) is 13.7 Å². The van der Waals surface area contributed by atoms with Crippen LogP contribution in [0.1, 0.15) is 32.4 Å². The summed E-state index contributed by atoms with van der Waals surface area (Å²) in [6.45, 7) is 6.06. The van der Waals surface area contributed by atoms with E-state index in [2.05, 4.69) is 0 Å². The van der Waals surface area contributed by atoms with Crippen LogP contribution in [0.5, 0.6) is 5.75 Å². The van der Waals surface area contributed by atoms with Crippen molar-refractivity contribution in [3.8, 4) is 5.75 Å². The van der Waals surface area contributed by atoms with Gasteiger partial charge in [-0.1, -0.05) is 18.2 Å². The number of hydrogen-bond acceptors (Lipinski definition) is 3. The van der Waals surface area contributed by atoms with E-state index in [-0.39, 0.29) is 12.1 Å². The standard InChI is InChI=1S/C14H19NO3/c1-14(2,3)18-13(16)15(4)11-9-17-12-8-6-5-7-10(11)12/h5-8,11H,9H2,1-4H3/t11-/m1/s1. The molecule has 0 bridgehead atoms. The SMILES string of the molecule is CN(C(=O)OC(C)(C)C)[C@@H]1COc2ccccc21. The van der Waals surface area contributed by atoms with Crippen molar-refractivity contribution in [1.82, 2.24) is 4.90 Å². The smallest absolute Gasteiger partial charge is 0.410 e. The van der Waals surface area contributed by atoms with Gasteiger partial charge in [0, 0.05) is 12.6 Å². The van der Waals surface area contributed by atoms with E-state index < -0.39 is 5.60 Å². The molecule has 2 rings (SSSR count). The molecule has 0 unspecified atom stereocenters. The lowest BCUT2D eigenvalue weighted by Gasteiger charge is -2.27. The molecule has 4 nitrogen and oxygen atoms in total. The molecule has 0 saturated carbocycles. The summed E-state index contributed by atoms with van der Waals surface area (Å²) in [5, 5.41) is 0. The van der Waals surface area contributed by atoms with Gasteiger partial charge in [0.05, 0.1) is 6.04 Å². The van der Waals surface area contributed by atoms with Crippen LogP contribution in [0.4, 0.5) is 4.79 Å². The van der Waals surface area contributed by atoms with Crippen LogP contribution in [0.2, 0.25) is 0 Å². The van der Waals surface area contributed by atoms with Crippen LogP contribution in [0, 0.1) is 0 Å². The second-order valence-electron chi connectivity index (χ2n) is 5.46. The van der Waals surface area contributed by atoms with Gasteiger partial charge in [0.1, 0.15) is 18.0 Å². The fraction of sp³-hybridized carbons (Fsp3) is 0.500. The summed E-state index contributed by atoms with van der Waals surface area (Å²) in [4.78, 5) is 13.6. The van der Waals surface area contributed by atoms with Crippen molar-refractivity contribution in [2.24, 2.45) is 0 Å². The van der Waals surface area contributed by atoms with Crippen molar-refractivity contribution in [2.45, 2.75) is 32.4 Å². The highest BCUT2D eigenvalue weighted by Crippen LogP contribution is 2.35. The molecule has 0 N–H and O–H groups in total. The number of carbonyl (C=O) groups excluding carboxylic acids is 1. The number of carbonyl (C=O) groups is 1. The Kier molecular flexibility index (Phi) is 3.20. The topological polar surface area (TPSA) is 38.8 Å². The van der Waals surface area contributed by atoms with E-state index in [9.17, 15) is 4.79 Å². The van der Waals surface area contributed by atoms with E-state index in [0.29, 0.717) is 6.61 Å². The summed E-state index contributed by atoms with van der Waals surface area (Å²) in [6.07, 6.45) is -0.326. The number of fused-ring (bicyclic) bond motifs is 1. The largest absolute Gasteiger partial charge is 0.491 e. The molecule has 0 spiro atoms. The Balaban J connectivity index is 2.12. The third-order valence-electron chi connectivity index (χ3n) is 2.82. The molecule has 1 aromatic rings. The van der Waals surface area contributed by atoms with Crippen molar-refractivity contribution >= 4 is 6.09 Å². The zero-order valence-corrected chi connectivity index (χ0v) is 11.3. The molecule has 4 heteroatoms. The molecule has 1 atom stereocenters. The molecule has 1 aliphatic rings. The Bertz CT molecular complexity index is 451. The number of likely N-dealkylation sites (N-methyl/N-ethyl adjacent to an activating group) is 1.